The van der Waals surface area contributed by atoms with Crippen LogP contribution in [0, 0.1) is 5.82 Å². The number of benzene rings is 2. The number of carbonyl (C=O) groups excluding carboxylic acids is 2. The average molecular weight is 287 g/mol. The van der Waals surface area contributed by atoms with E-state index in [4.69, 9.17) is 5.73 Å². The second-order valence-corrected chi connectivity index (χ2v) is 4.35. The minimum Gasteiger partial charge on any atom is -0.396 e. The zero-order valence-corrected chi connectivity index (χ0v) is 11.3. The molecule has 4 N–H and O–H groups in total. The minimum absolute atomic E-state index is 0.0125. The number of nitrogen functional groups attached to an aromatic ring is 1. The van der Waals surface area contributed by atoms with Gasteiger partial charge in [0.1, 0.15) is 5.82 Å². The zero-order valence-electron chi connectivity index (χ0n) is 11.3. The van der Waals surface area contributed by atoms with Gasteiger partial charge in [-0.3, -0.25) is 9.59 Å². The van der Waals surface area contributed by atoms with Crippen LogP contribution in [0.5, 0.6) is 0 Å². The van der Waals surface area contributed by atoms with Crippen LogP contribution in [0.2, 0.25) is 0 Å². The second kappa shape index (κ2) is 6.04. The lowest BCUT2D eigenvalue weighted by atomic mass is 10.1. The molecule has 0 fully saturated rings. The Kier molecular flexibility index (Phi) is 4.18. The van der Waals surface area contributed by atoms with Crippen molar-refractivity contribution < 1.29 is 14.0 Å². The van der Waals surface area contributed by atoms with Gasteiger partial charge in [-0.05, 0) is 42.5 Å². The maximum Gasteiger partial charge on any atom is 0.255 e. The van der Waals surface area contributed by atoms with Gasteiger partial charge in [0.15, 0.2) is 0 Å². The van der Waals surface area contributed by atoms with Gasteiger partial charge in [-0.2, -0.15) is 0 Å². The highest BCUT2D eigenvalue weighted by Gasteiger charge is 2.09. The van der Waals surface area contributed by atoms with Crippen molar-refractivity contribution in [2.24, 2.45) is 0 Å². The van der Waals surface area contributed by atoms with Gasteiger partial charge >= 0.3 is 0 Å². The van der Waals surface area contributed by atoms with Gasteiger partial charge in [0, 0.05) is 23.9 Å². The van der Waals surface area contributed by atoms with Gasteiger partial charge < -0.3 is 16.4 Å². The molecule has 21 heavy (non-hydrogen) atoms. The van der Waals surface area contributed by atoms with E-state index in [-0.39, 0.29) is 17.2 Å². The zero-order chi connectivity index (χ0) is 15.4. The molecule has 2 aromatic rings. The van der Waals surface area contributed by atoms with Crippen LogP contribution in [0.1, 0.15) is 20.7 Å². The normalized spacial score (nSPS) is 10.0. The predicted molar refractivity (Wildman–Crippen MR) is 78.6 cm³/mol. The Morgan fingerprint density at radius 1 is 1.00 bits per heavy atom. The molecule has 0 radical (unpaired) electrons. The number of nitrogens with two attached hydrogens (primary N) is 1. The van der Waals surface area contributed by atoms with Crippen LogP contribution in [-0.4, -0.2) is 18.9 Å². The molecule has 0 saturated carbocycles. The van der Waals surface area contributed by atoms with Crippen LogP contribution in [0.25, 0.3) is 0 Å². The van der Waals surface area contributed by atoms with Crippen LogP contribution >= 0.6 is 0 Å². The fourth-order valence-electron chi connectivity index (χ4n) is 1.72. The highest BCUT2D eigenvalue weighted by molar-refractivity contribution is 6.04. The average Bonchev–Trinajstić information content (AvgIpc) is 2.50. The predicted octanol–water partition coefficient (Wildman–Crippen LogP) is 2.02. The topological polar surface area (TPSA) is 84.2 Å². The number of anilines is 2. The van der Waals surface area contributed by atoms with Crippen LogP contribution < -0.4 is 16.4 Å². The summed E-state index contributed by atoms with van der Waals surface area (Å²) < 4.78 is 13.3. The first-order chi connectivity index (χ1) is 10.0. The molecular weight excluding hydrogens is 273 g/mol. The second-order valence-electron chi connectivity index (χ2n) is 4.35. The lowest BCUT2D eigenvalue weighted by Crippen LogP contribution is -2.18. The summed E-state index contributed by atoms with van der Waals surface area (Å²) >= 11 is 0. The van der Waals surface area contributed by atoms with E-state index in [1.54, 1.807) is 24.3 Å². The smallest absolute Gasteiger partial charge is 0.255 e. The van der Waals surface area contributed by atoms with Gasteiger partial charge in [0.2, 0.25) is 0 Å². The molecule has 0 atom stereocenters. The minimum atomic E-state index is -0.641. The molecule has 6 heteroatoms. The SMILES string of the molecule is CNC(=O)c1ccc(NC(=O)c2ccc(N)c(F)c2)cc1. The highest BCUT2D eigenvalue weighted by Crippen LogP contribution is 2.15. The number of hydrogen-bond donors (Lipinski definition) is 3. The van der Waals surface area contributed by atoms with Crippen molar-refractivity contribution in [1.29, 1.82) is 0 Å². The third-order valence-corrected chi connectivity index (χ3v) is 2.89. The van der Waals surface area contributed by atoms with Crippen LogP contribution in [0.15, 0.2) is 42.5 Å². The van der Waals surface area contributed by atoms with Crippen molar-refractivity contribution in [3.8, 4) is 0 Å². The molecule has 5 nitrogen and oxygen atoms in total. The van der Waals surface area contributed by atoms with E-state index in [0.29, 0.717) is 11.3 Å². The van der Waals surface area contributed by atoms with Crippen LogP contribution in [0.3, 0.4) is 0 Å². The summed E-state index contributed by atoms with van der Waals surface area (Å²) in [5.74, 6) is -1.31. The molecule has 0 bridgehead atoms. The molecule has 2 rings (SSSR count). The highest BCUT2D eigenvalue weighted by atomic mass is 19.1. The molecular formula is C15H14FN3O2. The molecule has 2 aromatic carbocycles. The Labute approximate surface area is 121 Å². The molecule has 108 valence electrons. The Morgan fingerprint density at radius 3 is 2.19 bits per heavy atom. The molecule has 0 spiro atoms. The van der Waals surface area contributed by atoms with Gasteiger partial charge in [-0.1, -0.05) is 0 Å². The van der Waals surface area contributed by atoms with Crippen LogP contribution in [-0.2, 0) is 0 Å². The summed E-state index contributed by atoms with van der Waals surface area (Å²) in [5.41, 5.74) is 6.49. The van der Waals surface area contributed by atoms with Gasteiger partial charge in [0.25, 0.3) is 11.8 Å². The van der Waals surface area contributed by atoms with Crippen molar-refractivity contribution in [2.45, 2.75) is 0 Å². The summed E-state index contributed by atoms with van der Waals surface area (Å²) in [6.07, 6.45) is 0. The maximum absolute atomic E-state index is 13.3. The summed E-state index contributed by atoms with van der Waals surface area (Å²) in [7, 11) is 1.54. The van der Waals surface area contributed by atoms with E-state index >= 15 is 0 Å². The van der Waals surface area contributed by atoms with E-state index < -0.39 is 11.7 Å². The van der Waals surface area contributed by atoms with E-state index in [0.717, 1.165) is 6.07 Å². The summed E-state index contributed by atoms with van der Waals surface area (Å²) in [4.78, 5) is 23.3. The van der Waals surface area contributed by atoms with Gasteiger partial charge in [0.05, 0.1) is 5.69 Å². The number of carbonyl (C=O) groups is 2. The summed E-state index contributed by atoms with van der Waals surface area (Å²) in [6, 6.07) is 10.2. The molecule has 0 aliphatic heterocycles. The Hall–Kier alpha value is -2.89. The summed E-state index contributed by atoms with van der Waals surface area (Å²) in [5, 5.41) is 5.11. The lowest BCUT2D eigenvalue weighted by Gasteiger charge is -2.07. The fourth-order valence-corrected chi connectivity index (χ4v) is 1.72. The summed E-state index contributed by atoms with van der Waals surface area (Å²) in [6.45, 7) is 0. The Balaban J connectivity index is 2.12. The number of amides is 2. The van der Waals surface area contributed by atoms with Gasteiger partial charge in [-0.15, -0.1) is 0 Å². The first-order valence-electron chi connectivity index (χ1n) is 6.20. The van der Waals surface area contributed by atoms with Crippen molar-refractivity contribution in [2.75, 3.05) is 18.1 Å². The van der Waals surface area contributed by atoms with Crippen molar-refractivity contribution in [1.82, 2.24) is 5.32 Å². The molecule has 2 amide bonds. The van der Waals surface area contributed by atoms with E-state index in [1.165, 1.54) is 19.2 Å². The van der Waals surface area contributed by atoms with Gasteiger partial charge in [-0.25, -0.2) is 4.39 Å². The molecule has 0 heterocycles. The molecule has 0 aliphatic rings. The van der Waals surface area contributed by atoms with E-state index in [9.17, 15) is 14.0 Å². The maximum atomic E-state index is 13.3. The fraction of sp³-hybridized carbons (Fsp3) is 0.0667. The third-order valence-electron chi connectivity index (χ3n) is 2.89. The van der Waals surface area contributed by atoms with Crippen molar-refractivity contribution in [3.05, 3.63) is 59.4 Å². The standard InChI is InChI=1S/C15H14FN3O2/c1-18-14(20)9-2-5-11(6-3-9)19-15(21)10-4-7-13(17)12(16)8-10/h2-8H,17H2,1H3,(H,18,20)(H,19,21). The van der Waals surface area contributed by atoms with E-state index in [2.05, 4.69) is 10.6 Å². The molecule has 0 aliphatic carbocycles. The first-order valence-corrected chi connectivity index (χ1v) is 6.20. The first kappa shape index (κ1) is 14.5. The van der Waals surface area contributed by atoms with Crippen molar-refractivity contribution >= 4 is 23.2 Å². The quantitative estimate of drug-likeness (QED) is 0.755. The number of hydrogen-bond acceptors (Lipinski definition) is 3. The monoisotopic (exact) mass is 287 g/mol. The number of halogens is 1. The number of nitrogens with one attached hydrogen (secondary N) is 2. The van der Waals surface area contributed by atoms with Crippen molar-refractivity contribution in [3.63, 3.8) is 0 Å². The Morgan fingerprint density at radius 2 is 1.62 bits per heavy atom. The Bertz CT molecular complexity index is 684. The largest absolute Gasteiger partial charge is 0.396 e. The molecule has 0 unspecified atom stereocenters. The van der Waals surface area contributed by atoms with E-state index in [1.807, 2.05) is 0 Å². The lowest BCUT2D eigenvalue weighted by molar-refractivity contribution is 0.0962. The molecule has 0 aromatic heterocycles. The molecule has 0 saturated heterocycles. The number of rotatable bonds is 3. The third kappa shape index (κ3) is 3.36. The van der Waals surface area contributed by atoms with Crippen LogP contribution in [0.4, 0.5) is 15.8 Å².